The minimum atomic E-state index is -1.53. The normalized spacial score (nSPS) is 26.0. The number of hydrogen-bond acceptors (Lipinski definition) is 9. The van der Waals surface area contributed by atoms with E-state index in [0.29, 0.717) is 11.3 Å². The highest BCUT2D eigenvalue weighted by molar-refractivity contribution is 5.86. The van der Waals surface area contributed by atoms with Gasteiger partial charge in [-0.15, -0.1) is 0 Å². The molecule has 0 unspecified atom stereocenters. The summed E-state index contributed by atoms with van der Waals surface area (Å²) >= 11 is 0. The van der Waals surface area contributed by atoms with E-state index >= 15 is 0 Å². The van der Waals surface area contributed by atoms with Crippen molar-refractivity contribution >= 4 is 11.0 Å². The fourth-order valence-electron chi connectivity index (χ4n) is 3.45. The quantitative estimate of drug-likeness (QED) is 0.483. The summed E-state index contributed by atoms with van der Waals surface area (Å²) < 4.78 is 21.9. The molecule has 1 aliphatic rings. The van der Waals surface area contributed by atoms with Crippen LogP contribution in [0.25, 0.3) is 22.3 Å². The molecule has 4 rings (SSSR count). The highest BCUT2D eigenvalue weighted by Crippen LogP contribution is 2.33. The van der Waals surface area contributed by atoms with Gasteiger partial charge >= 0.3 is 0 Å². The van der Waals surface area contributed by atoms with Crippen LogP contribution in [-0.4, -0.2) is 58.2 Å². The zero-order chi connectivity index (χ0) is 22.3. The lowest BCUT2D eigenvalue weighted by Crippen LogP contribution is -2.58. The first-order chi connectivity index (χ1) is 14.8. The van der Waals surface area contributed by atoms with Gasteiger partial charge in [0.05, 0.1) is 13.2 Å². The van der Waals surface area contributed by atoms with Crippen molar-refractivity contribution in [3.8, 4) is 28.6 Å². The molecule has 1 aromatic heterocycles. The zero-order valence-electron chi connectivity index (χ0n) is 16.8. The topological polar surface area (TPSA) is 139 Å². The van der Waals surface area contributed by atoms with Crippen molar-refractivity contribution in [1.82, 2.24) is 0 Å². The predicted molar refractivity (Wildman–Crippen MR) is 109 cm³/mol. The maximum absolute atomic E-state index is 12.6. The maximum atomic E-state index is 12.6. The third kappa shape index (κ3) is 3.96. The average molecular weight is 430 g/mol. The SMILES string of the molecule is COc1ccc(-c2cc(=O)c3c(O)cc(O[C@@H]4O[C@H](C)[C@@H](O)[C@H](O)[C@@H]4O)cc3o2)cc1. The molecule has 0 bridgehead atoms. The molecule has 0 saturated carbocycles. The average Bonchev–Trinajstić information content (AvgIpc) is 2.75. The molecular weight excluding hydrogens is 408 g/mol. The van der Waals surface area contributed by atoms with Crippen LogP contribution >= 0.6 is 0 Å². The Kier molecular flexibility index (Phi) is 5.59. The predicted octanol–water partition coefficient (Wildman–Crippen LogP) is 1.38. The Morgan fingerprint density at radius 1 is 0.935 bits per heavy atom. The van der Waals surface area contributed by atoms with E-state index < -0.39 is 36.1 Å². The largest absolute Gasteiger partial charge is 0.507 e. The van der Waals surface area contributed by atoms with Gasteiger partial charge in [-0.25, -0.2) is 0 Å². The number of phenols is 1. The number of hydrogen-bond donors (Lipinski definition) is 4. The molecule has 1 aliphatic heterocycles. The van der Waals surface area contributed by atoms with Gasteiger partial charge in [0, 0.05) is 23.8 Å². The third-order valence-electron chi connectivity index (χ3n) is 5.22. The van der Waals surface area contributed by atoms with Crippen LogP contribution in [0.15, 0.2) is 51.7 Å². The molecule has 1 saturated heterocycles. The van der Waals surface area contributed by atoms with Crippen LogP contribution in [0.1, 0.15) is 6.92 Å². The van der Waals surface area contributed by atoms with Crippen LogP contribution in [0, 0.1) is 0 Å². The Morgan fingerprint density at radius 2 is 1.65 bits per heavy atom. The molecule has 3 aromatic rings. The number of phenolic OH excluding ortho intramolecular Hbond substituents is 1. The molecule has 31 heavy (non-hydrogen) atoms. The fourth-order valence-corrected chi connectivity index (χ4v) is 3.45. The van der Waals surface area contributed by atoms with E-state index in [0.717, 1.165) is 0 Å². The second kappa shape index (κ2) is 8.20. The minimum absolute atomic E-state index is 0.0291. The van der Waals surface area contributed by atoms with E-state index in [1.54, 1.807) is 31.4 Å². The lowest BCUT2D eigenvalue weighted by molar-refractivity contribution is -0.268. The molecule has 0 spiro atoms. The lowest BCUT2D eigenvalue weighted by atomic mass is 10.00. The summed E-state index contributed by atoms with van der Waals surface area (Å²) in [4.78, 5) is 12.6. The fraction of sp³-hybridized carbons (Fsp3) is 0.318. The van der Waals surface area contributed by atoms with Gasteiger partial charge in [0.2, 0.25) is 6.29 Å². The highest BCUT2D eigenvalue weighted by atomic mass is 16.7. The van der Waals surface area contributed by atoms with Crippen molar-refractivity contribution in [3.05, 3.63) is 52.7 Å². The summed E-state index contributed by atoms with van der Waals surface area (Å²) in [5.41, 5.74) is 0.243. The molecule has 9 heteroatoms. The van der Waals surface area contributed by atoms with E-state index in [9.17, 15) is 25.2 Å². The maximum Gasteiger partial charge on any atom is 0.229 e. The van der Waals surface area contributed by atoms with E-state index in [1.807, 2.05) is 0 Å². The van der Waals surface area contributed by atoms with Crippen molar-refractivity contribution in [2.45, 2.75) is 37.6 Å². The first kappa shape index (κ1) is 21.1. The van der Waals surface area contributed by atoms with Gasteiger partial charge in [-0.1, -0.05) is 0 Å². The smallest absolute Gasteiger partial charge is 0.229 e. The van der Waals surface area contributed by atoms with Crippen LogP contribution in [-0.2, 0) is 4.74 Å². The molecule has 9 nitrogen and oxygen atoms in total. The van der Waals surface area contributed by atoms with Crippen molar-refractivity contribution < 1.29 is 39.1 Å². The Labute approximate surface area is 176 Å². The van der Waals surface area contributed by atoms with E-state index in [1.165, 1.54) is 25.1 Å². The Hall–Kier alpha value is -3.11. The highest BCUT2D eigenvalue weighted by Gasteiger charge is 2.43. The summed E-state index contributed by atoms with van der Waals surface area (Å²) in [6.45, 7) is 1.52. The van der Waals surface area contributed by atoms with Crippen LogP contribution in [0.5, 0.6) is 17.2 Å². The number of methoxy groups -OCH3 is 1. The number of aliphatic hydroxyl groups is 3. The summed E-state index contributed by atoms with van der Waals surface area (Å²) in [5.74, 6) is 0.590. The molecule has 5 atom stereocenters. The van der Waals surface area contributed by atoms with Crippen molar-refractivity contribution in [1.29, 1.82) is 0 Å². The number of fused-ring (bicyclic) bond motifs is 1. The van der Waals surface area contributed by atoms with E-state index in [2.05, 4.69) is 0 Å². The number of benzene rings is 2. The first-order valence-electron chi connectivity index (χ1n) is 9.60. The standard InChI is InChI=1S/C22H22O9/c1-10-19(25)20(26)21(27)22(29-10)30-13-7-14(23)18-15(24)9-16(31-17(18)8-13)11-3-5-12(28-2)6-4-11/h3-10,19-23,25-27H,1-2H3/t10-,19-,20+,21+,22+/m1/s1. The molecule has 0 aliphatic carbocycles. The number of aliphatic hydroxyl groups excluding tert-OH is 3. The minimum Gasteiger partial charge on any atom is -0.507 e. The van der Waals surface area contributed by atoms with Crippen LogP contribution in [0.2, 0.25) is 0 Å². The van der Waals surface area contributed by atoms with Crippen molar-refractivity contribution in [2.75, 3.05) is 7.11 Å². The second-order valence-corrected chi connectivity index (χ2v) is 7.32. The summed E-state index contributed by atoms with van der Waals surface area (Å²) in [5, 5.41) is 40.2. The molecule has 0 radical (unpaired) electrons. The molecule has 164 valence electrons. The van der Waals surface area contributed by atoms with E-state index in [-0.39, 0.29) is 28.2 Å². The summed E-state index contributed by atoms with van der Waals surface area (Å²) in [7, 11) is 1.54. The van der Waals surface area contributed by atoms with Crippen LogP contribution < -0.4 is 14.9 Å². The summed E-state index contributed by atoms with van der Waals surface area (Å²) in [6, 6.07) is 10.7. The molecular formula is C22H22O9. The molecule has 2 heterocycles. The van der Waals surface area contributed by atoms with Gasteiger partial charge in [-0.05, 0) is 31.2 Å². The monoisotopic (exact) mass is 430 g/mol. The molecule has 1 fully saturated rings. The van der Waals surface area contributed by atoms with Gasteiger partial charge in [0.15, 0.2) is 5.43 Å². The van der Waals surface area contributed by atoms with Gasteiger partial charge < -0.3 is 39.1 Å². The van der Waals surface area contributed by atoms with Gasteiger partial charge in [0.25, 0.3) is 0 Å². The molecule has 4 N–H and O–H groups in total. The lowest BCUT2D eigenvalue weighted by Gasteiger charge is -2.38. The number of ether oxygens (including phenoxy) is 3. The van der Waals surface area contributed by atoms with Crippen LogP contribution in [0.4, 0.5) is 0 Å². The second-order valence-electron chi connectivity index (χ2n) is 7.32. The Bertz CT molecular complexity index is 1140. The first-order valence-corrected chi connectivity index (χ1v) is 9.60. The van der Waals surface area contributed by atoms with Gasteiger partial charge in [0.1, 0.15) is 52.3 Å². The zero-order valence-corrected chi connectivity index (χ0v) is 16.8. The Morgan fingerprint density at radius 3 is 2.32 bits per heavy atom. The number of aromatic hydroxyl groups is 1. The summed E-state index contributed by atoms with van der Waals surface area (Å²) in [6.07, 6.45) is -6.37. The molecule has 0 amide bonds. The third-order valence-corrected chi connectivity index (χ3v) is 5.22. The van der Waals surface area contributed by atoms with Crippen molar-refractivity contribution in [3.63, 3.8) is 0 Å². The van der Waals surface area contributed by atoms with Crippen molar-refractivity contribution in [2.24, 2.45) is 0 Å². The van der Waals surface area contributed by atoms with Gasteiger partial charge in [-0.2, -0.15) is 0 Å². The number of rotatable bonds is 4. The van der Waals surface area contributed by atoms with E-state index in [4.69, 9.17) is 18.6 Å². The molecule has 2 aromatic carbocycles. The van der Waals surface area contributed by atoms with Gasteiger partial charge in [-0.3, -0.25) is 4.79 Å². The Balaban J connectivity index is 1.70. The van der Waals surface area contributed by atoms with Crippen LogP contribution in [0.3, 0.4) is 0 Å².